The zero-order valence-corrected chi connectivity index (χ0v) is 16.2. The summed E-state index contributed by atoms with van der Waals surface area (Å²) >= 11 is 0. The second-order valence-corrected chi connectivity index (χ2v) is 7.04. The number of hydrogen-bond acceptors (Lipinski definition) is 5. The standard InChI is InChI=1S/C21H23N5O3/c1-15-6-7-18(29-15)14-25-11-9-22-21(28)19(25)13-20(27)24-16-4-2-5-17(12-16)26-10-3-8-23-26/h2-8,10,12,19H,9,11,13-14H2,1H3,(H,22,28)(H,24,27). The monoisotopic (exact) mass is 393 g/mol. The van der Waals surface area contributed by atoms with Gasteiger partial charge in [0, 0.05) is 31.2 Å². The predicted octanol–water partition coefficient (Wildman–Crippen LogP) is 2.10. The number of nitrogens with zero attached hydrogens (tertiary/aromatic N) is 3. The fourth-order valence-electron chi connectivity index (χ4n) is 3.48. The molecule has 1 aromatic carbocycles. The Labute approximate surface area is 168 Å². The normalized spacial score (nSPS) is 17.1. The quantitative estimate of drug-likeness (QED) is 0.669. The summed E-state index contributed by atoms with van der Waals surface area (Å²) < 4.78 is 7.36. The minimum atomic E-state index is -0.538. The van der Waals surface area contributed by atoms with Gasteiger partial charge in [-0.05, 0) is 43.3 Å². The van der Waals surface area contributed by atoms with Crippen molar-refractivity contribution in [3.63, 3.8) is 0 Å². The Kier molecular flexibility index (Phi) is 5.44. The number of anilines is 1. The first-order chi connectivity index (χ1) is 14.1. The highest BCUT2D eigenvalue weighted by atomic mass is 16.3. The second-order valence-electron chi connectivity index (χ2n) is 7.04. The summed E-state index contributed by atoms with van der Waals surface area (Å²) in [6.45, 7) is 3.60. The van der Waals surface area contributed by atoms with Crippen molar-refractivity contribution in [1.82, 2.24) is 20.0 Å². The van der Waals surface area contributed by atoms with E-state index in [4.69, 9.17) is 4.42 Å². The lowest BCUT2D eigenvalue weighted by atomic mass is 10.1. The minimum absolute atomic E-state index is 0.0670. The largest absolute Gasteiger partial charge is 0.465 e. The van der Waals surface area contributed by atoms with E-state index < -0.39 is 6.04 Å². The highest BCUT2D eigenvalue weighted by molar-refractivity contribution is 5.95. The molecule has 2 aromatic heterocycles. The first-order valence-corrected chi connectivity index (χ1v) is 9.55. The first-order valence-electron chi connectivity index (χ1n) is 9.55. The third-order valence-corrected chi connectivity index (χ3v) is 4.87. The van der Waals surface area contributed by atoms with Gasteiger partial charge in [0.2, 0.25) is 11.8 Å². The van der Waals surface area contributed by atoms with Crippen LogP contribution in [0.1, 0.15) is 17.9 Å². The van der Waals surface area contributed by atoms with Gasteiger partial charge in [0.05, 0.1) is 24.7 Å². The number of aromatic nitrogens is 2. The van der Waals surface area contributed by atoms with Crippen LogP contribution in [0.4, 0.5) is 5.69 Å². The van der Waals surface area contributed by atoms with Crippen LogP contribution in [0.2, 0.25) is 0 Å². The third kappa shape index (κ3) is 4.55. The Morgan fingerprint density at radius 3 is 2.97 bits per heavy atom. The van der Waals surface area contributed by atoms with E-state index in [0.29, 0.717) is 25.3 Å². The van der Waals surface area contributed by atoms with E-state index in [9.17, 15) is 9.59 Å². The van der Waals surface area contributed by atoms with Gasteiger partial charge >= 0.3 is 0 Å². The van der Waals surface area contributed by atoms with Crippen molar-refractivity contribution in [2.75, 3.05) is 18.4 Å². The summed E-state index contributed by atoms with van der Waals surface area (Å²) in [6.07, 6.45) is 3.60. The predicted molar refractivity (Wildman–Crippen MR) is 107 cm³/mol. The van der Waals surface area contributed by atoms with E-state index in [1.165, 1.54) is 0 Å². The molecule has 2 amide bonds. The van der Waals surface area contributed by atoms with Gasteiger partial charge in [0.1, 0.15) is 11.5 Å². The first kappa shape index (κ1) is 18.9. The van der Waals surface area contributed by atoms with Crippen LogP contribution in [-0.4, -0.2) is 45.6 Å². The number of furan rings is 1. The smallest absolute Gasteiger partial charge is 0.237 e. The number of nitrogens with one attached hydrogen (secondary N) is 2. The number of piperazine rings is 1. The molecule has 2 N–H and O–H groups in total. The van der Waals surface area contributed by atoms with Crippen molar-refractivity contribution >= 4 is 17.5 Å². The number of rotatable bonds is 6. The van der Waals surface area contributed by atoms with Gasteiger partial charge in [-0.3, -0.25) is 14.5 Å². The summed E-state index contributed by atoms with van der Waals surface area (Å²) in [5, 5.41) is 9.93. The Hall–Kier alpha value is -3.39. The molecule has 0 spiro atoms. The van der Waals surface area contributed by atoms with Crippen molar-refractivity contribution < 1.29 is 14.0 Å². The molecule has 8 nitrogen and oxygen atoms in total. The van der Waals surface area contributed by atoms with Crippen LogP contribution in [-0.2, 0) is 16.1 Å². The third-order valence-electron chi connectivity index (χ3n) is 4.87. The molecule has 0 aliphatic carbocycles. The molecule has 150 valence electrons. The van der Waals surface area contributed by atoms with Crippen molar-refractivity contribution in [3.8, 4) is 5.69 Å². The lowest BCUT2D eigenvalue weighted by Crippen LogP contribution is -2.55. The van der Waals surface area contributed by atoms with Gasteiger partial charge in [-0.25, -0.2) is 4.68 Å². The van der Waals surface area contributed by atoms with Gasteiger partial charge in [0.25, 0.3) is 0 Å². The number of carbonyl (C=O) groups is 2. The fourth-order valence-corrected chi connectivity index (χ4v) is 3.48. The molecule has 0 radical (unpaired) electrons. The van der Waals surface area contributed by atoms with Gasteiger partial charge in [-0.2, -0.15) is 5.10 Å². The Bertz CT molecular complexity index is 995. The molecule has 8 heteroatoms. The molecule has 3 aromatic rings. The van der Waals surface area contributed by atoms with Crippen LogP contribution in [0.5, 0.6) is 0 Å². The van der Waals surface area contributed by atoms with Gasteiger partial charge in [0.15, 0.2) is 0 Å². The minimum Gasteiger partial charge on any atom is -0.465 e. The average Bonchev–Trinajstić information content (AvgIpc) is 3.37. The molecule has 4 rings (SSSR count). The van der Waals surface area contributed by atoms with Gasteiger partial charge in [-0.15, -0.1) is 0 Å². The van der Waals surface area contributed by atoms with Crippen LogP contribution >= 0.6 is 0 Å². The molecule has 1 aliphatic heterocycles. The zero-order chi connectivity index (χ0) is 20.2. The molecule has 0 bridgehead atoms. The molecule has 1 fully saturated rings. The summed E-state index contributed by atoms with van der Waals surface area (Å²) in [4.78, 5) is 27.1. The number of hydrogen-bond donors (Lipinski definition) is 2. The molecular formula is C21H23N5O3. The maximum Gasteiger partial charge on any atom is 0.237 e. The van der Waals surface area contributed by atoms with Gasteiger partial charge < -0.3 is 15.1 Å². The van der Waals surface area contributed by atoms with Crippen molar-refractivity contribution in [2.24, 2.45) is 0 Å². The lowest BCUT2D eigenvalue weighted by molar-refractivity contribution is -0.132. The summed E-state index contributed by atoms with van der Waals surface area (Å²) in [7, 11) is 0. The SMILES string of the molecule is Cc1ccc(CN2CCNC(=O)C2CC(=O)Nc2cccc(-n3cccn3)c2)o1. The lowest BCUT2D eigenvalue weighted by Gasteiger charge is -2.34. The van der Waals surface area contributed by atoms with Crippen LogP contribution in [0.15, 0.2) is 59.3 Å². The highest BCUT2D eigenvalue weighted by Crippen LogP contribution is 2.18. The van der Waals surface area contributed by atoms with E-state index in [-0.39, 0.29) is 18.2 Å². The number of benzene rings is 1. The van der Waals surface area contributed by atoms with E-state index >= 15 is 0 Å². The van der Waals surface area contributed by atoms with Crippen LogP contribution in [0.3, 0.4) is 0 Å². The van der Waals surface area contributed by atoms with Crippen LogP contribution < -0.4 is 10.6 Å². The maximum absolute atomic E-state index is 12.7. The van der Waals surface area contributed by atoms with Crippen LogP contribution in [0.25, 0.3) is 5.69 Å². The Morgan fingerprint density at radius 1 is 1.31 bits per heavy atom. The van der Waals surface area contributed by atoms with Crippen molar-refractivity contribution in [2.45, 2.75) is 25.9 Å². The molecule has 29 heavy (non-hydrogen) atoms. The molecule has 1 unspecified atom stereocenters. The van der Waals surface area contributed by atoms with E-state index in [1.807, 2.05) is 60.5 Å². The van der Waals surface area contributed by atoms with Crippen molar-refractivity contribution in [1.29, 1.82) is 0 Å². The number of aryl methyl sites for hydroxylation is 1. The van der Waals surface area contributed by atoms with Gasteiger partial charge in [-0.1, -0.05) is 6.07 Å². The van der Waals surface area contributed by atoms with E-state index in [0.717, 1.165) is 17.2 Å². The number of amides is 2. The second kappa shape index (κ2) is 8.32. The topological polar surface area (TPSA) is 92.4 Å². The summed E-state index contributed by atoms with van der Waals surface area (Å²) in [6, 6.07) is 12.5. The van der Waals surface area contributed by atoms with E-state index in [1.54, 1.807) is 10.9 Å². The average molecular weight is 393 g/mol. The van der Waals surface area contributed by atoms with E-state index in [2.05, 4.69) is 15.7 Å². The highest BCUT2D eigenvalue weighted by Gasteiger charge is 2.32. The van der Waals surface area contributed by atoms with Crippen molar-refractivity contribution in [3.05, 3.63) is 66.4 Å². The Morgan fingerprint density at radius 2 is 2.21 bits per heavy atom. The molecular weight excluding hydrogens is 370 g/mol. The Balaban J connectivity index is 1.43. The fraction of sp³-hybridized carbons (Fsp3) is 0.286. The summed E-state index contributed by atoms with van der Waals surface area (Å²) in [5.74, 6) is 1.26. The molecule has 1 atom stereocenters. The molecule has 3 heterocycles. The summed E-state index contributed by atoms with van der Waals surface area (Å²) in [5.41, 5.74) is 1.51. The van der Waals surface area contributed by atoms with Crippen LogP contribution in [0, 0.1) is 6.92 Å². The molecule has 1 saturated heterocycles. The maximum atomic E-state index is 12.7. The zero-order valence-electron chi connectivity index (χ0n) is 16.2. The number of carbonyl (C=O) groups excluding carboxylic acids is 2. The molecule has 0 saturated carbocycles. The molecule has 1 aliphatic rings.